The van der Waals surface area contributed by atoms with Crippen LogP contribution in [0.25, 0.3) is 0 Å². The zero-order chi connectivity index (χ0) is 15.2. The minimum atomic E-state index is -0.176. The molecule has 5 heteroatoms. The molecule has 0 unspecified atom stereocenters. The number of carbonyl (C=O) groups excluding carboxylic acids is 1. The van der Waals surface area contributed by atoms with Crippen molar-refractivity contribution >= 4 is 34.5 Å². The van der Waals surface area contributed by atoms with Crippen molar-refractivity contribution < 1.29 is 9.90 Å². The molecule has 1 heterocycles. The summed E-state index contributed by atoms with van der Waals surface area (Å²) in [7, 11) is 0. The van der Waals surface area contributed by atoms with Crippen LogP contribution in [0.4, 0.5) is 5.69 Å². The van der Waals surface area contributed by atoms with E-state index in [1.165, 1.54) is 11.3 Å². The molecule has 0 aliphatic carbocycles. The first-order valence-corrected chi connectivity index (χ1v) is 7.56. The molecule has 21 heavy (non-hydrogen) atoms. The number of halogens is 1. The van der Waals surface area contributed by atoms with Crippen molar-refractivity contribution in [3.63, 3.8) is 0 Å². The Kier molecular flexibility index (Phi) is 5.40. The molecule has 0 aliphatic rings. The number of benzene rings is 1. The van der Waals surface area contributed by atoms with Crippen LogP contribution in [-0.4, -0.2) is 17.6 Å². The van der Waals surface area contributed by atoms with Gasteiger partial charge >= 0.3 is 0 Å². The summed E-state index contributed by atoms with van der Waals surface area (Å²) >= 11 is 7.06. The first-order chi connectivity index (χ1) is 10.1. The first kappa shape index (κ1) is 15.6. The number of aliphatic hydroxyl groups excluding tert-OH is 1. The van der Waals surface area contributed by atoms with Gasteiger partial charge in [0.05, 0.1) is 15.8 Å². The van der Waals surface area contributed by atoms with Crippen molar-refractivity contribution in [3.05, 3.63) is 50.7 Å². The van der Waals surface area contributed by atoms with Gasteiger partial charge in [-0.25, -0.2) is 0 Å². The highest BCUT2D eigenvalue weighted by Gasteiger charge is 2.09. The van der Waals surface area contributed by atoms with E-state index in [2.05, 4.69) is 17.2 Å². The first-order valence-electron chi connectivity index (χ1n) is 6.37. The molecule has 1 amide bonds. The maximum Gasteiger partial charge on any atom is 0.265 e. The zero-order valence-electron chi connectivity index (χ0n) is 11.4. The normalized spacial score (nSPS) is 9.86. The Morgan fingerprint density at radius 3 is 2.81 bits per heavy atom. The molecule has 1 aromatic heterocycles. The Morgan fingerprint density at radius 2 is 2.19 bits per heavy atom. The van der Waals surface area contributed by atoms with Crippen molar-refractivity contribution in [2.75, 3.05) is 11.9 Å². The summed E-state index contributed by atoms with van der Waals surface area (Å²) in [6.45, 7) is 1.99. The Labute approximate surface area is 132 Å². The molecule has 2 rings (SSSR count). The van der Waals surface area contributed by atoms with Gasteiger partial charge in [0.15, 0.2) is 0 Å². The summed E-state index contributed by atoms with van der Waals surface area (Å²) in [5, 5.41) is 11.5. The lowest BCUT2D eigenvalue weighted by atomic mass is 10.1. The van der Waals surface area contributed by atoms with Gasteiger partial charge in [0.2, 0.25) is 0 Å². The Morgan fingerprint density at radius 1 is 1.38 bits per heavy atom. The topological polar surface area (TPSA) is 49.3 Å². The third-order valence-electron chi connectivity index (χ3n) is 2.74. The smallest absolute Gasteiger partial charge is 0.265 e. The standard InChI is InChI=1S/C16H14ClNO2S/c1-11-10-13(6-5-12(11)4-2-3-9-19)18-16(20)14-7-8-15(17)21-14/h5-8,10,19H,3,9H2,1H3,(H,18,20). The van der Waals surface area contributed by atoms with Crippen LogP contribution in [0.2, 0.25) is 4.34 Å². The monoisotopic (exact) mass is 319 g/mol. The minimum Gasteiger partial charge on any atom is -0.395 e. The fourth-order valence-corrected chi connectivity index (χ4v) is 2.66. The van der Waals surface area contributed by atoms with Crippen molar-refractivity contribution in [2.45, 2.75) is 13.3 Å². The summed E-state index contributed by atoms with van der Waals surface area (Å²) in [5.74, 6) is 5.70. The number of hydrogen-bond donors (Lipinski definition) is 2. The summed E-state index contributed by atoms with van der Waals surface area (Å²) in [6, 6.07) is 8.94. The van der Waals surface area contributed by atoms with Crippen LogP contribution in [0.15, 0.2) is 30.3 Å². The van der Waals surface area contributed by atoms with E-state index in [1.807, 2.05) is 25.1 Å². The summed E-state index contributed by atoms with van der Waals surface area (Å²) < 4.78 is 0.589. The zero-order valence-corrected chi connectivity index (χ0v) is 13.0. The molecular weight excluding hydrogens is 306 g/mol. The lowest BCUT2D eigenvalue weighted by molar-refractivity contribution is 0.103. The molecule has 0 bridgehead atoms. The van der Waals surface area contributed by atoms with E-state index in [0.717, 1.165) is 16.8 Å². The molecule has 0 spiro atoms. The van der Waals surface area contributed by atoms with Crippen molar-refractivity contribution in [1.82, 2.24) is 0 Å². The van der Waals surface area contributed by atoms with Crippen molar-refractivity contribution in [1.29, 1.82) is 0 Å². The average molecular weight is 320 g/mol. The molecule has 0 saturated carbocycles. The van der Waals surface area contributed by atoms with Crippen LogP contribution >= 0.6 is 22.9 Å². The molecule has 108 valence electrons. The predicted molar refractivity (Wildman–Crippen MR) is 87.0 cm³/mol. The molecule has 0 fully saturated rings. The van der Waals surface area contributed by atoms with Gasteiger partial charge in [-0.1, -0.05) is 23.4 Å². The lowest BCUT2D eigenvalue weighted by Crippen LogP contribution is -2.10. The molecule has 2 aromatic rings. The fourth-order valence-electron chi connectivity index (χ4n) is 1.72. The molecule has 0 aliphatic heterocycles. The maximum absolute atomic E-state index is 12.0. The van der Waals surface area contributed by atoms with Gasteiger partial charge in [0, 0.05) is 17.7 Å². The summed E-state index contributed by atoms with van der Waals surface area (Å²) in [6.07, 6.45) is 0.455. The van der Waals surface area contributed by atoms with Gasteiger partial charge in [-0.3, -0.25) is 4.79 Å². The highest BCUT2D eigenvalue weighted by atomic mass is 35.5. The predicted octanol–water partition coefficient (Wildman–Crippen LogP) is 3.70. The van der Waals surface area contributed by atoms with E-state index in [1.54, 1.807) is 12.1 Å². The second kappa shape index (κ2) is 7.28. The van der Waals surface area contributed by atoms with E-state index in [0.29, 0.717) is 15.6 Å². The maximum atomic E-state index is 12.0. The van der Waals surface area contributed by atoms with Crippen molar-refractivity contribution in [3.8, 4) is 11.8 Å². The Balaban J connectivity index is 2.10. The number of nitrogens with one attached hydrogen (secondary N) is 1. The second-order valence-corrected chi connectivity index (χ2v) is 6.08. The van der Waals surface area contributed by atoms with Gasteiger partial charge < -0.3 is 10.4 Å². The number of carbonyl (C=O) groups is 1. The lowest BCUT2D eigenvalue weighted by Gasteiger charge is -2.06. The van der Waals surface area contributed by atoms with Gasteiger partial charge in [0.25, 0.3) is 5.91 Å². The largest absolute Gasteiger partial charge is 0.395 e. The highest BCUT2D eigenvalue weighted by molar-refractivity contribution is 7.18. The number of amides is 1. The summed E-state index contributed by atoms with van der Waals surface area (Å²) in [5.41, 5.74) is 2.58. The van der Waals surface area contributed by atoms with Crippen LogP contribution in [0.5, 0.6) is 0 Å². The third-order valence-corrected chi connectivity index (χ3v) is 3.97. The molecule has 2 N–H and O–H groups in total. The Hall–Kier alpha value is -1.80. The van der Waals surface area contributed by atoms with Gasteiger partial charge in [-0.15, -0.1) is 11.3 Å². The van der Waals surface area contributed by atoms with Crippen LogP contribution in [0, 0.1) is 18.8 Å². The quantitative estimate of drug-likeness (QED) is 0.848. The van der Waals surface area contributed by atoms with Gasteiger partial charge in [0.1, 0.15) is 0 Å². The number of aryl methyl sites for hydroxylation is 1. The molecular formula is C16H14ClNO2S. The van der Waals surface area contributed by atoms with E-state index >= 15 is 0 Å². The van der Waals surface area contributed by atoms with E-state index < -0.39 is 0 Å². The van der Waals surface area contributed by atoms with Crippen LogP contribution in [-0.2, 0) is 0 Å². The Bertz CT molecular complexity index is 713. The summed E-state index contributed by atoms with van der Waals surface area (Å²) in [4.78, 5) is 12.6. The number of anilines is 1. The van der Waals surface area contributed by atoms with E-state index in [-0.39, 0.29) is 12.5 Å². The van der Waals surface area contributed by atoms with E-state index in [4.69, 9.17) is 16.7 Å². The van der Waals surface area contributed by atoms with Crippen LogP contribution in [0.1, 0.15) is 27.2 Å². The highest BCUT2D eigenvalue weighted by Crippen LogP contribution is 2.23. The molecule has 0 radical (unpaired) electrons. The number of hydrogen-bond acceptors (Lipinski definition) is 3. The van der Waals surface area contributed by atoms with Crippen LogP contribution < -0.4 is 5.32 Å². The number of aliphatic hydroxyl groups is 1. The van der Waals surface area contributed by atoms with Crippen LogP contribution in [0.3, 0.4) is 0 Å². The molecule has 3 nitrogen and oxygen atoms in total. The van der Waals surface area contributed by atoms with Crippen molar-refractivity contribution in [2.24, 2.45) is 0 Å². The molecule has 0 atom stereocenters. The molecule has 0 saturated heterocycles. The third kappa shape index (κ3) is 4.33. The SMILES string of the molecule is Cc1cc(NC(=O)c2ccc(Cl)s2)ccc1C#CCCO. The van der Waals surface area contributed by atoms with Gasteiger partial charge in [-0.05, 0) is 42.8 Å². The minimum absolute atomic E-state index is 0.0591. The van der Waals surface area contributed by atoms with E-state index in [9.17, 15) is 4.79 Å². The second-order valence-electron chi connectivity index (χ2n) is 4.36. The average Bonchev–Trinajstić information content (AvgIpc) is 2.88. The number of rotatable bonds is 3. The fraction of sp³-hybridized carbons (Fsp3) is 0.188. The molecule has 1 aromatic carbocycles. The van der Waals surface area contributed by atoms with Gasteiger partial charge in [-0.2, -0.15) is 0 Å². The number of thiophene rings is 1.